The van der Waals surface area contributed by atoms with Crippen molar-refractivity contribution in [2.45, 2.75) is 0 Å². The normalized spacial score (nSPS) is 13.6. The van der Waals surface area contributed by atoms with Gasteiger partial charge in [-0.2, -0.15) is 0 Å². The molecular weight excluding hydrogens is 386 g/mol. The van der Waals surface area contributed by atoms with E-state index >= 15 is 0 Å². The average Bonchev–Trinajstić information content (AvgIpc) is 2.79. The second kappa shape index (κ2) is 11.2. The minimum atomic E-state index is -0.202. The highest BCUT2D eigenvalue weighted by Crippen LogP contribution is 2.16. The minimum absolute atomic E-state index is 0.0552. The number of benzene rings is 2. The monoisotopic (exact) mass is 413 g/mol. The van der Waals surface area contributed by atoms with Gasteiger partial charge in [0.25, 0.3) is 5.91 Å². The molecule has 1 aliphatic heterocycles. The molecule has 2 amide bonds. The molecule has 0 saturated carbocycles. The Kier molecular flexibility index (Phi) is 8.05. The first-order valence-corrected chi connectivity index (χ1v) is 9.88. The number of hydrogen-bond donors (Lipinski definition) is 2. The van der Waals surface area contributed by atoms with Crippen molar-refractivity contribution in [3.8, 4) is 5.75 Å². The zero-order valence-electron chi connectivity index (χ0n) is 17.1. The zero-order chi connectivity index (χ0) is 21.2. The van der Waals surface area contributed by atoms with Gasteiger partial charge in [0.15, 0.2) is 0 Å². The first kappa shape index (κ1) is 21.6. The van der Waals surface area contributed by atoms with E-state index in [1.165, 1.54) is 0 Å². The van der Waals surface area contributed by atoms with Gasteiger partial charge < -0.3 is 29.7 Å². The van der Waals surface area contributed by atoms with Crippen molar-refractivity contribution in [1.82, 2.24) is 4.90 Å². The quantitative estimate of drug-likeness (QED) is 0.613. The van der Waals surface area contributed by atoms with E-state index in [9.17, 15) is 9.59 Å². The summed E-state index contributed by atoms with van der Waals surface area (Å²) in [5.41, 5.74) is 1.94. The lowest BCUT2D eigenvalue weighted by Gasteiger charge is -2.27. The molecule has 1 aliphatic rings. The van der Waals surface area contributed by atoms with Gasteiger partial charge in [0.2, 0.25) is 5.91 Å². The molecule has 0 radical (unpaired) electrons. The third-order valence-corrected chi connectivity index (χ3v) is 4.56. The van der Waals surface area contributed by atoms with Crippen LogP contribution in [0.1, 0.15) is 10.4 Å². The molecule has 0 atom stereocenters. The van der Waals surface area contributed by atoms with Crippen LogP contribution >= 0.6 is 0 Å². The van der Waals surface area contributed by atoms with E-state index in [1.54, 1.807) is 36.3 Å². The number of nitrogens with one attached hydrogen (secondary N) is 2. The van der Waals surface area contributed by atoms with Crippen LogP contribution in [0.5, 0.6) is 5.75 Å². The molecule has 3 rings (SSSR count). The molecular formula is C22H27N3O5. The fourth-order valence-corrected chi connectivity index (χ4v) is 2.98. The Morgan fingerprint density at radius 1 is 1.03 bits per heavy atom. The maximum absolute atomic E-state index is 12.6. The van der Waals surface area contributed by atoms with Crippen LogP contribution in [0.25, 0.3) is 0 Å². The molecule has 0 unspecified atom stereocenters. The van der Waals surface area contributed by atoms with E-state index in [4.69, 9.17) is 14.2 Å². The lowest BCUT2D eigenvalue weighted by molar-refractivity contribution is -0.114. The molecule has 0 aromatic heterocycles. The molecule has 8 nitrogen and oxygen atoms in total. The van der Waals surface area contributed by atoms with E-state index in [-0.39, 0.29) is 18.4 Å². The Bertz CT molecular complexity index is 835. The minimum Gasteiger partial charge on any atom is -0.491 e. The summed E-state index contributed by atoms with van der Waals surface area (Å²) in [6, 6.07) is 14.3. The Labute approximate surface area is 176 Å². The predicted molar refractivity (Wildman–Crippen MR) is 114 cm³/mol. The van der Waals surface area contributed by atoms with Gasteiger partial charge in [-0.25, -0.2) is 0 Å². The van der Waals surface area contributed by atoms with Crippen LogP contribution < -0.4 is 15.4 Å². The summed E-state index contributed by atoms with van der Waals surface area (Å²) >= 11 is 0. The number of hydrogen-bond acceptors (Lipinski definition) is 6. The van der Waals surface area contributed by atoms with Crippen LogP contribution in [0.2, 0.25) is 0 Å². The average molecular weight is 413 g/mol. The first-order valence-electron chi connectivity index (χ1n) is 9.88. The maximum Gasteiger partial charge on any atom is 0.254 e. The largest absolute Gasteiger partial charge is 0.491 e. The van der Waals surface area contributed by atoms with Gasteiger partial charge in [-0.15, -0.1) is 0 Å². The third-order valence-electron chi connectivity index (χ3n) is 4.56. The van der Waals surface area contributed by atoms with Gasteiger partial charge in [0, 0.05) is 37.1 Å². The van der Waals surface area contributed by atoms with Crippen molar-refractivity contribution in [2.24, 2.45) is 0 Å². The summed E-state index contributed by atoms with van der Waals surface area (Å²) < 4.78 is 15.7. The third kappa shape index (κ3) is 6.47. The first-order chi connectivity index (χ1) is 14.7. The summed E-state index contributed by atoms with van der Waals surface area (Å²) in [7, 11) is 1.62. The Morgan fingerprint density at radius 3 is 2.53 bits per heavy atom. The number of nitrogens with zero attached hydrogens (tertiary/aromatic N) is 1. The van der Waals surface area contributed by atoms with E-state index < -0.39 is 0 Å². The van der Waals surface area contributed by atoms with Crippen LogP contribution in [-0.4, -0.2) is 69.9 Å². The van der Waals surface area contributed by atoms with Crippen molar-refractivity contribution >= 4 is 23.2 Å². The van der Waals surface area contributed by atoms with Crippen molar-refractivity contribution in [3.05, 3.63) is 54.1 Å². The molecule has 2 N–H and O–H groups in total. The summed E-state index contributed by atoms with van der Waals surface area (Å²) in [6.07, 6.45) is 0. The number of amides is 2. The number of carbonyl (C=O) groups is 2. The number of methoxy groups -OCH3 is 1. The molecule has 8 heteroatoms. The molecule has 2 aromatic carbocycles. The van der Waals surface area contributed by atoms with Gasteiger partial charge in [-0.05, 0) is 42.5 Å². The summed E-state index contributed by atoms with van der Waals surface area (Å²) in [5.74, 6) is 0.482. The van der Waals surface area contributed by atoms with E-state index in [1.807, 2.05) is 24.3 Å². The number of rotatable bonds is 9. The topological polar surface area (TPSA) is 89.1 Å². The summed E-state index contributed by atoms with van der Waals surface area (Å²) in [5, 5.41) is 5.89. The van der Waals surface area contributed by atoms with Crippen molar-refractivity contribution in [2.75, 3.05) is 63.8 Å². The number of ether oxygens (including phenoxy) is 3. The van der Waals surface area contributed by atoms with Gasteiger partial charge in [0.1, 0.15) is 12.4 Å². The molecule has 1 heterocycles. The Balaban J connectivity index is 1.48. The smallest absolute Gasteiger partial charge is 0.254 e. The SMILES string of the molecule is COCCOc1ccc(NCC(=O)Nc2cccc(C(=O)N3CCOCC3)c2)cc1. The van der Waals surface area contributed by atoms with Crippen LogP contribution in [0.3, 0.4) is 0 Å². The lowest BCUT2D eigenvalue weighted by Crippen LogP contribution is -2.40. The highest BCUT2D eigenvalue weighted by atomic mass is 16.5. The lowest BCUT2D eigenvalue weighted by atomic mass is 10.1. The Hall–Kier alpha value is -3.10. The van der Waals surface area contributed by atoms with Crippen molar-refractivity contribution in [3.63, 3.8) is 0 Å². The number of anilines is 2. The van der Waals surface area contributed by atoms with Gasteiger partial charge in [-0.1, -0.05) is 6.07 Å². The molecule has 0 bridgehead atoms. The molecule has 1 fully saturated rings. The van der Waals surface area contributed by atoms with Crippen molar-refractivity contribution < 1.29 is 23.8 Å². The Morgan fingerprint density at radius 2 is 1.80 bits per heavy atom. The van der Waals surface area contributed by atoms with E-state index in [0.29, 0.717) is 50.8 Å². The zero-order valence-corrected chi connectivity index (χ0v) is 17.1. The molecule has 30 heavy (non-hydrogen) atoms. The van der Waals surface area contributed by atoms with E-state index in [2.05, 4.69) is 10.6 Å². The number of morpholine rings is 1. The van der Waals surface area contributed by atoms with Crippen LogP contribution in [0.15, 0.2) is 48.5 Å². The van der Waals surface area contributed by atoms with Gasteiger partial charge in [-0.3, -0.25) is 9.59 Å². The highest BCUT2D eigenvalue weighted by molar-refractivity contribution is 5.98. The summed E-state index contributed by atoms with van der Waals surface area (Å²) in [4.78, 5) is 26.6. The van der Waals surface area contributed by atoms with Crippen LogP contribution in [0.4, 0.5) is 11.4 Å². The fourth-order valence-electron chi connectivity index (χ4n) is 2.98. The van der Waals surface area contributed by atoms with E-state index in [0.717, 1.165) is 11.4 Å². The molecule has 2 aromatic rings. The van der Waals surface area contributed by atoms with Gasteiger partial charge >= 0.3 is 0 Å². The van der Waals surface area contributed by atoms with Crippen LogP contribution in [-0.2, 0) is 14.3 Å². The van der Waals surface area contributed by atoms with Crippen molar-refractivity contribution in [1.29, 1.82) is 0 Å². The van der Waals surface area contributed by atoms with Gasteiger partial charge in [0.05, 0.1) is 26.4 Å². The second-order valence-electron chi connectivity index (χ2n) is 6.75. The standard InChI is InChI=1S/C22H27N3O5/c1-28-13-14-30-20-7-5-18(6-8-20)23-16-21(26)24-19-4-2-3-17(15-19)22(27)25-9-11-29-12-10-25/h2-8,15,23H,9-14,16H2,1H3,(H,24,26). The molecule has 160 valence electrons. The van der Waals surface area contributed by atoms with Crippen LogP contribution in [0, 0.1) is 0 Å². The maximum atomic E-state index is 12.6. The molecule has 0 aliphatic carbocycles. The molecule has 1 saturated heterocycles. The number of carbonyl (C=O) groups excluding carboxylic acids is 2. The fraction of sp³-hybridized carbons (Fsp3) is 0.364. The second-order valence-corrected chi connectivity index (χ2v) is 6.75. The highest BCUT2D eigenvalue weighted by Gasteiger charge is 2.18. The summed E-state index contributed by atoms with van der Waals surface area (Å²) in [6.45, 7) is 3.37. The molecule has 0 spiro atoms. The predicted octanol–water partition coefficient (Wildman–Crippen LogP) is 2.23.